The highest BCUT2D eigenvalue weighted by atomic mass is 16.5. The molecule has 2 heterocycles. The number of hydrogen-bond acceptors (Lipinski definition) is 4. The van der Waals surface area contributed by atoms with Crippen molar-refractivity contribution in [1.29, 1.82) is 0 Å². The van der Waals surface area contributed by atoms with E-state index in [4.69, 9.17) is 10.5 Å². The zero-order valence-corrected chi connectivity index (χ0v) is 15.7. The molecule has 1 saturated carbocycles. The fraction of sp³-hybridized carbons (Fsp3) is 0.947. The standard InChI is InChI=1S/C19H35N3O2/c1-4-24-16-14-19(20,18(16,2)3)17(23)22-12-8-15(9-13-22)21-10-6-5-7-11-21/h15-16H,4-14,20H2,1-3H3. The molecule has 2 aliphatic heterocycles. The van der Waals surface area contributed by atoms with Gasteiger partial charge in [0, 0.05) is 37.6 Å². The Morgan fingerprint density at radius 1 is 1.12 bits per heavy atom. The topological polar surface area (TPSA) is 58.8 Å². The van der Waals surface area contributed by atoms with Crippen molar-refractivity contribution in [3.05, 3.63) is 0 Å². The van der Waals surface area contributed by atoms with Crippen molar-refractivity contribution in [2.75, 3.05) is 32.8 Å². The molecule has 0 bridgehead atoms. The fourth-order valence-electron chi connectivity index (χ4n) is 4.80. The summed E-state index contributed by atoms with van der Waals surface area (Å²) in [5, 5.41) is 0. The van der Waals surface area contributed by atoms with Gasteiger partial charge in [0.15, 0.2) is 0 Å². The first-order valence-electron chi connectivity index (χ1n) is 9.84. The zero-order valence-electron chi connectivity index (χ0n) is 15.7. The summed E-state index contributed by atoms with van der Waals surface area (Å²) >= 11 is 0. The van der Waals surface area contributed by atoms with Crippen LogP contribution in [0.4, 0.5) is 0 Å². The van der Waals surface area contributed by atoms with Gasteiger partial charge in [-0.3, -0.25) is 4.79 Å². The molecule has 0 aromatic rings. The third kappa shape index (κ3) is 2.99. The molecule has 0 radical (unpaired) electrons. The van der Waals surface area contributed by atoms with E-state index >= 15 is 0 Å². The van der Waals surface area contributed by atoms with Gasteiger partial charge in [-0.25, -0.2) is 0 Å². The monoisotopic (exact) mass is 337 g/mol. The molecule has 1 amide bonds. The van der Waals surface area contributed by atoms with E-state index in [1.807, 2.05) is 11.8 Å². The molecule has 2 saturated heterocycles. The maximum absolute atomic E-state index is 13.1. The van der Waals surface area contributed by atoms with Crippen molar-refractivity contribution in [3.8, 4) is 0 Å². The van der Waals surface area contributed by atoms with Gasteiger partial charge < -0.3 is 20.3 Å². The van der Waals surface area contributed by atoms with Crippen LogP contribution in [0, 0.1) is 5.41 Å². The van der Waals surface area contributed by atoms with E-state index in [9.17, 15) is 4.79 Å². The second-order valence-electron chi connectivity index (χ2n) is 8.46. The van der Waals surface area contributed by atoms with Gasteiger partial charge in [0.2, 0.25) is 5.91 Å². The first-order valence-corrected chi connectivity index (χ1v) is 9.84. The Morgan fingerprint density at radius 2 is 1.75 bits per heavy atom. The average molecular weight is 338 g/mol. The van der Waals surface area contributed by atoms with Crippen LogP contribution in [0.3, 0.4) is 0 Å². The Bertz CT molecular complexity index is 454. The molecule has 0 aromatic heterocycles. The first kappa shape index (κ1) is 18.2. The van der Waals surface area contributed by atoms with Crippen molar-refractivity contribution >= 4 is 5.91 Å². The molecule has 2 atom stereocenters. The van der Waals surface area contributed by atoms with Crippen LogP contribution >= 0.6 is 0 Å². The van der Waals surface area contributed by atoms with Crippen molar-refractivity contribution in [2.24, 2.45) is 11.1 Å². The summed E-state index contributed by atoms with van der Waals surface area (Å²) in [6.45, 7) is 11.0. The van der Waals surface area contributed by atoms with Crippen LogP contribution < -0.4 is 5.73 Å². The molecule has 3 fully saturated rings. The summed E-state index contributed by atoms with van der Waals surface area (Å²) in [6, 6.07) is 0.661. The summed E-state index contributed by atoms with van der Waals surface area (Å²) in [5.41, 5.74) is 5.52. The fourth-order valence-corrected chi connectivity index (χ4v) is 4.80. The Labute approximate surface area is 146 Å². The van der Waals surface area contributed by atoms with E-state index in [1.165, 1.54) is 32.4 Å². The van der Waals surface area contributed by atoms with Crippen molar-refractivity contribution in [1.82, 2.24) is 9.80 Å². The van der Waals surface area contributed by atoms with Crippen LogP contribution in [-0.4, -0.2) is 66.2 Å². The maximum Gasteiger partial charge on any atom is 0.243 e. The summed E-state index contributed by atoms with van der Waals surface area (Å²) < 4.78 is 5.77. The number of ether oxygens (including phenoxy) is 1. The molecule has 2 unspecified atom stereocenters. The highest BCUT2D eigenvalue weighted by Gasteiger charge is 2.63. The molecule has 1 aliphatic carbocycles. The molecule has 2 N–H and O–H groups in total. The lowest BCUT2D eigenvalue weighted by molar-refractivity contribution is -0.180. The molecule has 0 spiro atoms. The van der Waals surface area contributed by atoms with Gasteiger partial charge in [-0.2, -0.15) is 0 Å². The van der Waals surface area contributed by atoms with Gasteiger partial charge in [0.1, 0.15) is 5.54 Å². The van der Waals surface area contributed by atoms with Crippen LogP contribution in [0.15, 0.2) is 0 Å². The molecule has 138 valence electrons. The predicted octanol–water partition coefficient (Wildman–Crippen LogP) is 2.00. The molecule has 24 heavy (non-hydrogen) atoms. The van der Waals surface area contributed by atoms with Gasteiger partial charge in [-0.15, -0.1) is 0 Å². The van der Waals surface area contributed by atoms with Gasteiger partial charge in [0.25, 0.3) is 0 Å². The number of rotatable bonds is 4. The number of piperidine rings is 2. The number of amides is 1. The predicted molar refractivity (Wildman–Crippen MR) is 95.8 cm³/mol. The smallest absolute Gasteiger partial charge is 0.243 e. The van der Waals surface area contributed by atoms with Crippen molar-refractivity contribution in [3.63, 3.8) is 0 Å². The number of nitrogens with zero attached hydrogens (tertiary/aromatic N) is 2. The number of nitrogens with two attached hydrogens (primary N) is 1. The average Bonchev–Trinajstić information content (AvgIpc) is 2.61. The lowest BCUT2D eigenvalue weighted by Crippen LogP contribution is -2.76. The van der Waals surface area contributed by atoms with Crippen molar-refractivity contribution in [2.45, 2.75) is 77.0 Å². The quantitative estimate of drug-likeness (QED) is 0.852. The van der Waals surface area contributed by atoms with Crippen LogP contribution in [0.1, 0.15) is 59.3 Å². The minimum Gasteiger partial charge on any atom is -0.378 e. The minimum atomic E-state index is -0.759. The zero-order chi connectivity index (χ0) is 17.4. The molecule has 0 aromatic carbocycles. The second-order valence-corrected chi connectivity index (χ2v) is 8.46. The third-order valence-electron chi connectivity index (χ3n) is 6.87. The highest BCUT2D eigenvalue weighted by molar-refractivity contribution is 5.89. The molecule has 3 rings (SSSR count). The third-order valence-corrected chi connectivity index (χ3v) is 6.87. The van der Waals surface area contributed by atoms with E-state index in [-0.39, 0.29) is 17.4 Å². The maximum atomic E-state index is 13.1. The lowest BCUT2D eigenvalue weighted by atomic mass is 9.54. The summed E-state index contributed by atoms with van der Waals surface area (Å²) in [7, 11) is 0. The van der Waals surface area contributed by atoms with E-state index in [2.05, 4.69) is 18.7 Å². The van der Waals surface area contributed by atoms with E-state index < -0.39 is 5.54 Å². The lowest BCUT2D eigenvalue weighted by Gasteiger charge is -2.59. The van der Waals surface area contributed by atoms with E-state index in [1.54, 1.807) is 0 Å². The van der Waals surface area contributed by atoms with Crippen LogP contribution in [-0.2, 0) is 9.53 Å². The molecular formula is C19H35N3O2. The van der Waals surface area contributed by atoms with Crippen LogP contribution in [0.5, 0.6) is 0 Å². The minimum absolute atomic E-state index is 0.0994. The SMILES string of the molecule is CCOC1CC(N)(C(=O)N2CCC(N3CCCCC3)CC2)C1(C)C. The number of hydrogen-bond donors (Lipinski definition) is 1. The highest BCUT2D eigenvalue weighted by Crippen LogP contribution is 2.50. The Morgan fingerprint density at radius 3 is 2.29 bits per heavy atom. The first-order chi connectivity index (χ1) is 11.4. The van der Waals surface area contributed by atoms with E-state index in [0.29, 0.717) is 19.1 Å². The van der Waals surface area contributed by atoms with Crippen LogP contribution in [0.2, 0.25) is 0 Å². The summed E-state index contributed by atoms with van der Waals surface area (Å²) in [6.07, 6.45) is 6.98. The normalized spacial score (nSPS) is 34.8. The Balaban J connectivity index is 1.55. The van der Waals surface area contributed by atoms with E-state index in [0.717, 1.165) is 25.9 Å². The molecule has 3 aliphatic rings. The summed E-state index contributed by atoms with van der Waals surface area (Å²) in [5.74, 6) is 0.139. The Kier molecular flexibility index (Phi) is 5.24. The number of likely N-dealkylation sites (tertiary alicyclic amines) is 2. The Hall–Kier alpha value is -0.650. The molecule has 5 heteroatoms. The number of carbonyl (C=O) groups excluding carboxylic acids is 1. The van der Waals surface area contributed by atoms with Gasteiger partial charge in [0.05, 0.1) is 6.10 Å². The molecule has 5 nitrogen and oxygen atoms in total. The second kappa shape index (κ2) is 6.93. The van der Waals surface area contributed by atoms with Gasteiger partial charge in [-0.05, 0) is 45.7 Å². The van der Waals surface area contributed by atoms with Gasteiger partial charge in [-0.1, -0.05) is 20.3 Å². The molecular weight excluding hydrogens is 302 g/mol. The number of carbonyl (C=O) groups is 1. The summed E-state index contributed by atoms with van der Waals surface area (Å²) in [4.78, 5) is 17.7. The van der Waals surface area contributed by atoms with Crippen LogP contribution in [0.25, 0.3) is 0 Å². The van der Waals surface area contributed by atoms with Crippen molar-refractivity contribution < 1.29 is 9.53 Å². The largest absolute Gasteiger partial charge is 0.378 e. The van der Waals surface area contributed by atoms with Gasteiger partial charge >= 0.3 is 0 Å².